The number of fused-ring (bicyclic) bond motifs is 1. The molecule has 1 aromatic heterocycles. The Kier molecular flexibility index (Phi) is 2.52. The largest absolute Gasteiger partial charge is 0.390 e. The molecule has 0 radical (unpaired) electrons. The van der Waals surface area contributed by atoms with E-state index in [1.807, 2.05) is 11.3 Å². The summed E-state index contributed by atoms with van der Waals surface area (Å²) in [6, 6.07) is 2.54. The van der Waals surface area contributed by atoms with Gasteiger partial charge in [-0.25, -0.2) is 0 Å². The van der Waals surface area contributed by atoms with Crippen molar-refractivity contribution in [2.45, 2.75) is 25.1 Å². The number of thiophene rings is 1. The summed E-state index contributed by atoms with van der Waals surface area (Å²) in [4.78, 5) is 3.95. The van der Waals surface area contributed by atoms with Crippen LogP contribution in [-0.2, 0) is 13.0 Å². The van der Waals surface area contributed by atoms with Gasteiger partial charge in [0.2, 0.25) is 0 Å². The Bertz CT molecular complexity index is 352. The molecule has 2 atom stereocenters. The first kappa shape index (κ1) is 9.78. The van der Waals surface area contributed by atoms with Gasteiger partial charge >= 0.3 is 0 Å². The lowest BCUT2D eigenvalue weighted by molar-refractivity contribution is 0.0751. The first-order valence-electron chi connectivity index (χ1n) is 5.52. The topological polar surface area (TPSA) is 35.5 Å². The third-order valence-electron chi connectivity index (χ3n) is 3.46. The molecule has 15 heavy (non-hydrogen) atoms. The third kappa shape index (κ3) is 1.72. The second-order valence-electron chi connectivity index (χ2n) is 4.38. The average molecular weight is 224 g/mol. The number of aliphatic hydroxyl groups is 1. The van der Waals surface area contributed by atoms with E-state index in [1.165, 1.54) is 10.4 Å². The van der Waals surface area contributed by atoms with Gasteiger partial charge in [-0.2, -0.15) is 0 Å². The summed E-state index contributed by atoms with van der Waals surface area (Å²) in [5, 5.41) is 15.3. The lowest BCUT2D eigenvalue weighted by atomic mass is 10.1. The number of hydrogen-bond donors (Lipinski definition) is 2. The fourth-order valence-electron chi connectivity index (χ4n) is 2.58. The van der Waals surface area contributed by atoms with Crippen LogP contribution in [0.4, 0.5) is 0 Å². The summed E-state index contributed by atoms with van der Waals surface area (Å²) in [5.74, 6) is 0. The van der Waals surface area contributed by atoms with Crippen LogP contribution in [0.1, 0.15) is 10.4 Å². The summed E-state index contributed by atoms with van der Waals surface area (Å²) in [7, 11) is 0. The number of nitrogens with zero attached hydrogens (tertiary/aromatic N) is 1. The third-order valence-corrected chi connectivity index (χ3v) is 4.48. The molecule has 0 bridgehead atoms. The van der Waals surface area contributed by atoms with E-state index in [4.69, 9.17) is 0 Å². The van der Waals surface area contributed by atoms with Crippen molar-refractivity contribution in [1.29, 1.82) is 0 Å². The molecule has 2 aliphatic heterocycles. The lowest BCUT2D eigenvalue weighted by Crippen LogP contribution is -2.45. The summed E-state index contributed by atoms with van der Waals surface area (Å²) in [6.45, 7) is 3.79. The van der Waals surface area contributed by atoms with Crippen LogP contribution in [0.3, 0.4) is 0 Å². The molecule has 2 N–H and O–H groups in total. The van der Waals surface area contributed by atoms with Gasteiger partial charge in [0.05, 0.1) is 6.10 Å². The first-order valence-corrected chi connectivity index (χ1v) is 6.40. The van der Waals surface area contributed by atoms with Crippen LogP contribution >= 0.6 is 11.3 Å². The minimum absolute atomic E-state index is 0.190. The SMILES string of the molecule is OC1CNCC1N1CCc2sccc2C1. The van der Waals surface area contributed by atoms with Gasteiger partial charge in [-0.15, -0.1) is 11.3 Å². The molecular weight excluding hydrogens is 208 g/mol. The minimum atomic E-state index is -0.190. The number of aliphatic hydroxyl groups excluding tert-OH is 1. The fraction of sp³-hybridized carbons (Fsp3) is 0.636. The van der Waals surface area contributed by atoms with Crippen LogP contribution in [0.25, 0.3) is 0 Å². The van der Waals surface area contributed by atoms with Gasteiger partial charge in [-0.05, 0) is 23.4 Å². The van der Waals surface area contributed by atoms with Gasteiger partial charge in [0.25, 0.3) is 0 Å². The number of rotatable bonds is 1. The number of hydrogen-bond acceptors (Lipinski definition) is 4. The van der Waals surface area contributed by atoms with E-state index in [9.17, 15) is 5.11 Å². The summed E-state index contributed by atoms with van der Waals surface area (Å²) in [6.07, 6.45) is 0.959. The van der Waals surface area contributed by atoms with Crippen molar-refractivity contribution in [3.63, 3.8) is 0 Å². The van der Waals surface area contributed by atoms with Crippen LogP contribution in [0.15, 0.2) is 11.4 Å². The molecule has 2 aliphatic rings. The zero-order chi connectivity index (χ0) is 10.3. The highest BCUT2D eigenvalue weighted by molar-refractivity contribution is 7.10. The maximum Gasteiger partial charge on any atom is 0.0831 e. The zero-order valence-electron chi connectivity index (χ0n) is 8.65. The quantitative estimate of drug-likeness (QED) is 0.726. The van der Waals surface area contributed by atoms with Gasteiger partial charge in [-0.3, -0.25) is 4.90 Å². The minimum Gasteiger partial charge on any atom is -0.390 e. The maximum absolute atomic E-state index is 9.84. The second kappa shape index (κ2) is 3.87. The molecule has 0 amide bonds. The van der Waals surface area contributed by atoms with E-state index >= 15 is 0 Å². The Morgan fingerprint density at radius 3 is 3.20 bits per heavy atom. The van der Waals surface area contributed by atoms with E-state index in [-0.39, 0.29) is 6.10 Å². The summed E-state index contributed by atoms with van der Waals surface area (Å²) >= 11 is 1.87. The molecule has 1 fully saturated rings. The van der Waals surface area contributed by atoms with Crippen molar-refractivity contribution in [2.24, 2.45) is 0 Å². The Morgan fingerprint density at radius 2 is 2.40 bits per heavy atom. The molecule has 1 aromatic rings. The van der Waals surface area contributed by atoms with Gasteiger partial charge in [-0.1, -0.05) is 0 Å². The Labute approximate surface area is 93.7 Å². The Hall–Kier alpha value is -0.420. The number of nitrogens with one attached hydrogen (secondary N) is 1. The predicted molar refractivity (Wildman–Crippen MR) is 61.1 cm³/mol. The number of β-amino-alcohol motifs (C(OH)–C–C–N with tert-alkyl or cyclic N) is 1. The molecule has 4 heteroatoms. The van der Waals surface area contributed by atoms with Crippen LogP contribution in [-0.4, -0.2) is 41.8 Å². The van der Waals surface area contributed by atoms with E-state index in [0.29, 0.717) is 6.04 Å². The van der Waals surface area contributed by atoms with Crippen molar-refractivity contribution in [3.8, 4) is 0 Å². The van der Waals surface area contributed by atoms with Crippen molar-refractivity contribution in [1.82, 2.24) is 10.2 Å². The Balaban J connectivity index is 1.75. The fourth-order valence-corrected chi connectivity index (χ4v) is 3.47. The molecular formula is C11H16N2OS. The van der Waals surface area contributed by atoms with Crippen molar-refractivity contribution in [2.75, 3.05) is 19.6 Å². The molecule has 0 aromatic carbocycles. The molecule has 82 valence electrons. The van der Waals surface area contributed by atoms with Crippen molar-refractivity contribution >= 4 is 11.3 Å². The zero-order valence-corrected chi connectivity index (χ0v) is 9.46. The van der Waals surface area contributed by atoms with Gasteiger partial charge in [0.15, 0.2) is 0 Å². The molecule has 0 aliphatic carbocycles. The van der Waals surface area contributed by atoms with E-state index in [2.05, 4.69) is 21.7 Å². The van der Waals surface area contributed by atoms with Crippen LogP contribution in [0, 0.1) is 0 Å². The first-order chi connectivity index (χ1) is 7.34. The average Bonchev–Trinajstić information content (AvgIpc) is 2.84. The van der Waals surface area contributed by atoms with E-state index < -0.39 is 0 Å². The van der Waals surface area contributed by atoms with Gasteiger partial charge in [0, 0.05) is 37.1 Å². The van der Waals surface area contributed by atoms with Crippen LogP contribution < -0.4 is 5.32 Å². The standard InChI is InChI=1S/C11H16N2OS/c14-10-6-12-5-9(10)13-3-1-11-8(7-13)2-4-15-11/h2,4,9-10,12,14H,1,3,5-7H2. The molecule has 0 saturated carbocycles. The lowest BCUT2D eigenvalue weighted by Gasteiger charge is -2.33. The van der Waals surface area contributed by atoms with Crippen LogP contribution in [0.2, 0.25) is 0 Å². The van der Waals surface area contributed by atoms with E-state index in [0.717, 1.165) is 32.6 Å². The molecule has 1 saturated heterocycles. The van der Waals surface area contributed by atoms with Gasteiger partial charge in [0.1, 0.15) is 0 Å². The molecule has 3 heterocycles. The molecule has 0 spiro atoms. The van der Waals surface area contributed by atoms with E-state index in [1.54, 1.807) is 0 Å². The predicted octanol–water partition coefficient (Wildman–Crippen LogP) is 0.439. The highest BCUT2D eigenvalue weighted by atomic mass is 32.1. The smallest absolute Gasteiger partial charge is 0.0831 e. The molecule has 2 unspecified atom stereocenters. The summed E-state index contributed by atoms with van der Waals surface area (Å²) < 4.78 is 0. The maximum atomic E-state index is 9.84. The normalized spacial score (nSPS) is 31.8. The Morgan fingerprint density at radius 1 is 1.47 bits per heavy atom. The second-order valence-corrected chi connectivity index (χ2v) is 5.38. The van der Waals surface area contributed by atoms with Gasteiger partial charge < -0.3 is 10.4 Å². The van der Waals surface area contributed by atoms with Crippen LogP contribution in [0.5, 0.6) is 0 Å². The highest BCUT2D eigenvalue weighted by Crippen LogP contribution is 2.26. The van der Waals surface area contributed by atoms with Crippen molar-refractivity contribution < 1.29 is 5.11 Å². The molecule has 3 rings (SSSR count). The van der Waals surface area contributed by atoms with Crippen molar-refractivity contribution in [3.05, 3.63) is 21.9 Å². The summed E-state index contributed by atoms with van der Waals surface area (Å²) in [5.41, 5.74) is 1.46. The molecule has 3 nitrogen and oxygen atoms in total. The monoisotopic (exact) mass is 224 g/mol. The highest BCUT2D eigenvalue weighted by Gasteiger charge is 2.32.